The van der Waals surface area contributed by atoms with Crippen LogP contribution >= 0.6 is 28.6 Å². The molecule has 0 aliphatic heterocycles. The summed E-state index contributed by atoms with van der Waals surface area (Å²) in [6.07, 6.45) is 0.926. The van der Waals surface area contributed by atoms with E-state index in [2.05, 4.69) is 0 Å². The molecule has 0 bridgehead atoms. The molecule has 2 atom stereocenters. The van der Waals surface area contributed by atoms with Gasteiger partial charge in [-0.3, -0.25) is 14.2 Å². The highest BCUT2D eigenvalue weighted by atomic mass is 33.1. The van der Waals surface area contributed by atoms with Crippen LogP contribution in [0.3, 0.4) is 0 Å². The van der Waals surface area contributed by atoms with E-state index in [-0.39, 0.29) is 30.7 Å². The third-order valence-corrected chi connectivity index (χ3v) is 8.85. The summed E-state index contributed by atoms with van der Waals surface area (Å²) in [5.74, 6) is -3.29. The Morgan fingerprint density at radius 1 is 1.38 bits per heavy atom. The summed E-state index contributed by atoms with van der Waals surface area (Å²) in [5.41, 5.74) is -3.04. The fourth-order valence-electron chi connectivity index (χ4n) is 1.00. The van der Waals surface area contributed by atoms with Crippen molar-refractivity contribution in [2.24, 2.45) is 5.92 Å². The Bertz CT molecular complexity index is 299. The normalized spacial score (nSPS) is 16.4. The van der Waals surface area contributed by atoms with Crippen LogP contribution in [-0.4, -0.2) is 39.1 Å². The Hall–Kier alpha value is -0.170. The molecule has 2 unspecified atom stereocenters. The van der Waals surface area contributed by atoms with Gasteiger partial charge in [0.15, 0.2) is 0 Å². The van der Waals surface area contributed by atoms with Gasteiger partial charge in [0.2, 0.25) is 5.55 Å². The average molecular weight is 288 g/mol. The third-order valence-electron chi connectivity index (χ3n) is 1.90. The molecule has 0 rings (SSSR count). The highest BCUT2D eigenvalue weighted by Crippen LogP contribution is 2.67. The molecule has 0 saturated carbocycles. The van der Waals surface area contributed by atoms with E-state index in [1.54, 1.807) is 0 Å². The number of aliphatic carboxylic acids is 2. The summed E-state index contributed by atoms with van der Waals surface area (Å²) in [5, 5.41) is 17.3. The molecule has 3 N–H and O–H groups in total. The minimum atomic E-state index is -3.04. The maximum absolute atomic E-state index is 11.8. The maximum Gasteiger partial charge on any atom is 0.307 e. The molecule has 94 valence electrons. The molecule has 0 aliphatic rings. The van der Waals surface area contributed by atoms with Crippen LogP contribution in [0.15, 0.2) is 0 Å². The Labute approximate surface area is 101 Å². The minimum absolute atomic E-state index is 0.0875. The summed E-state index contributed by atoms with van der Waals surface area (Å²) < 4.78 is 20.6. The topological polar surface area (TPSA) is 112 Å². The van der Waals surface area contributed by atoms with Gasteiger partial charge in [-0.1, -0.05) is 11.4 Å². The Morgan fingerprint density at radius 2 is 1.94 bits per heavy atom. The number of hydrogen-bond donors (Lipinski definition) is 3. The number of hydrogen-bond acceptors (Lipinski definition) is 6. The highest BCUT2D eigenvalue weighted by molar-refractivity contribution is 8.89. The van der Waals surface area contributed by atoms with E-state index >= 15 is 0 Å². The van der Waals surface area contributed by atoms with Gasteiger partial charge in [0.1, 0.15) is 0 Å². The lowest BCUT2D eigenvalue weighted by molar-refractivity contribution is -0.142. The molecule has 0 heterocycles. The standard InChI is InChI=1S/C7H13O6PS2/c1-15-14(12,16-13)4-5(7(10)11)2-3-6(8)9/h5,13H,2-4H2,1H3,(H,8,9)(H,10,11). The molecular weight excluding hydrogens is 275 g/mol. The summed E-state index contributed by atoms with van der Waals surface area (Å²) in [6.45, 7) is 0. The van der Waals surface area contributed by atoms with Crippen molar-refractivity contribution in [3.05, 3.63) is 0 Å². The molecule has 0 aliphatic carbocycles. The van der Waals surface area contributed by atoms with E-state index in [9.17, 15) is 14.2 Å². The maximum atomic E-state index is 11.8. The molecule has 6 nitrogen and oxygen atoms in total. The SMILES string of the molecule is CSP(=O)(CC(CCC(=O)O)C(=O)O)SO. The van der Waals surface area contributed by atoms with Gasteiger partial charge in [-0.15, -0.1) is 0 Å². The monoisotopic (exact) mass is 288 g/mol. The number of carboxylic acid groups (broad SMARTS) is 2. The fourth-order valence-corrected chi connectivity index (χ4v) is 4.69. The van der Waals surface area contributed by atoms with Gasteiger partial charge in [0.25, 0.3) is 0 Å². The van der Waals surface area contributed by atoms with E-state index < -0.39 is 23.4 Å². The molecule has 0 fully saturated rings. The van der Waals surface area contributed by atoms with Crippen molar-refractivity contribution in [2.75, 3.05) is 12.4 Å². The highest BCUT2D eigenvalue weighted by Gasteiger charge is 2.30. The van der Waals surface area contributed by atoms with Crippen LogP contribution in [0.4, 0.5) is 0 Å². The Morgan fingerprint density at radius 3 is 2.25 bits per heavy atom. The number of carbonyl (C=O) groups is 2. The van der Waals surface area contributed by atoms with Crippen LogP contribution in [0.25, 0.3) is 0 Å². The van der Waals surface area contributed by atoms with Crippen LogP contribution in [0.2, 0.25) is 0 Å². The second-order valence-electron chi connectivity index (χ2n) is 3.03. The van der Waals surface area contributed by atoms with Crippen LogP contribution in [-0.2, 0) is 14.2 Å². The fraction of sp³-hybridized carbons (Fsp3) is 0.714. The Balaban J connectivity index is 4.50. The van der Waals surface area contributed by atoms with E-state index in [4.69, 9.17) is 14.8 Å². The van der Waals surface area contributed by atoms with Gasteiger partial charge in [-0.25, -0.2) is 0 Å². The van der Waals surface area contributed by atoms with Crippen molar-refractivity contribution < 1.29 is 28.9 Å². The summed E-state index contributed by atoms with van der Waals surface area (Å²) in [4.78, 5) is 21.1. The molecule has 0 radical (unpaired) electrons. The lowest BCUT2D eigenvalue weighted by Crippen LogP contribution is -2.18. The predicted octanol–water partition coefficient (Wildman–Crippen LogP) is 2.31. The van der Waals surface area contributed by atoms with E-state index in [1.165, 1.54) is 6.26 Å². The smallest absolute Gasteiger partial charge is 0.307 e. The first-order valence-electron chi connectivity index (χ1n) is 4.27. The van der Waals surface area contributed by atoms with Crippen molar-refractivity contribution in [1.29, 1.82) is 0 Å². The van der Waals surface area contributed by atoms with Gasteiger partial charge in [-0.05, 0) is 12.7 Å². The molecule has 0 aromatic carbocycles. The summed E-state index contributed by atoms with van der Waals surface area (Å²) in [6, 6.07) is 0. The molecule has 0 spiro atoms. The second-order valence-corrected chi connectivity index (χ2v) is 11.0. The van der Waals surface area contributed by atoms with E-state index in [1.807, 2.05) is 0 Å². The van der Waals surface area contributed by atoms with Crippen molar-refractivity contribution in [3.63, 3.8) is 0 Å². The molecule has 0 saturated heterocycles. The van der Waals surface area contributed by atoms with Gasteiger partial charge >= 0.3 is 11.9 Å². The predicted molar refractivity (Wildman–Crippen MR) is 64.2 cm³/mol. The van der Waals surface area contributed by atoms with E-state index in [0.29, 0.717) is 0 Å². The molecule has 0 aromatic heterocycles. The molecule has 0 aromatic rings. The van der Waals surface area contributed by atoms with Crippen LogP contribution in [0, 0.1) is 5.92 Å². The van der Waals surface area contributed by atoms with Gasteiger partial charge in [0.05, 0.1) is 17.6 Å². The van der Waals surface area contributed by atoms with Gasteiger partial charge in [0, 0.05) is 12.6 Å². The molecular formula is C7H13O6PS2. The van der Waals surface area contributed by atoms with Crippen molar-refractivity contribution in [3.8, 4) is 0 Å². The van der Waals surface area contributed by atoms with Crippen molar-refractivity contribution in [1.82, 2.24) is 0 Å². The van der Waals surface area contributed by atoms with Gasteiger partial charge < -0.3 is 14.8 Å². The molecule has 9 heteroatoms. The number of rotatable bonds is 8. The lowest BCUT2D eigenvalue weighted by atomic mass is 10.1. The zero-order valence-electron chi connectivity index (χ0n) is 8.53. The first-order valence-corrected chi connectivity index (χ1v) is 9.37. The van der Waals surface area contributed by atoms with Crippen LogP contribution in [0.5, 0.6) is 0 Å². The first-order chi connectivity index (χ1) is 7.34. The largest absolute Gasteiger partial charge is 0.481 e. The summed E-state index contributed by atoms with van der Waals surface area (Å²) >= 11 is 1.07. The quantitative estimate of drug-likeness (QED) is 0.461. The molecule has 16 heavy (non-hydrogen) atoms. The zero-order valence-corrected chi connectivity index (χ0v) is 11.1. The number of carboxylic acids is 2. The third kappa shape index (κ3) is 5.79. The second kappa shape index (κ2) is 7.21. The van der Waals surface area contributed by atoms with Gasteiger partial charge in [-0.2, -0.15) is 0 Å². The van der Waals surface area contributed by atoms with Crippen molar-refractivity contribution >= 4 is 40.5 Å². The van der Waals surface area contributed by atoms with Crippen LogP contribution in [0.1, 0.15) is 12.8 Å². The average Bonchev–Trinajstić information content (AvgIpc) is 2.23. The minimum Gasteiger partial charge on any atom is -0.481 e. The van der Waals surface area contributed by atoms with Crippen molar-refractivity contribution in [2.45, 2.75) is 12.8 Å². The lowest BCUT2D eigenvalue weighted by Gasteiger charge is -2.16. The van der Waals surface area contributed by atoms with Crippen LogP contribution < -0.4 is 0 Å². The van der Waals surface area contributed by atoms with E-state index in [0.717, 1.165) is 11.4 Å². The first kappa shape index (κ1) is 15.8. The Kier molecular flexibility index (Phi) is 7.14. The molecule has 0 amide bonds. The summed E-state index contributed by atoms with van der Waals surface area (Å²) in [7, 11) is 0. The zero-order chi connectivity index (χ0) is 12.8.